The Morgan fingerprint density at radius 1 is 0.667 bits per heavy atom. The number of aliphatic hydroxyl groups excluding tert-OH is 1. The Kier molecular flexibility index (Phi) is 5.05. The van der Waals surface area contributed by atoms with E-state index in [0.717, 1.165) is 15.6 Å². The fourth-order valence-corrected chi connectivity index (χ4v) is 3.38. The second-order valence-corrected chi connectivity index (χ2v) is 6.88. The molecule has 0 bridgehead atoms. The lowest BCUT2D eigenvalue weighted by molar-refractivity contribution is 0.207. The van der Waals surface area contributed by atoms with Crippen LogP contribution in [0, 0.1) is 0 Å². The van der Waals surface area contributed by atoms with Crippen LogP contribution < -0.4 is 0 Å². The van der Waals surface area contributed by atoms with E-state index in [9.17, 15) is 5.11 Å². The van der Waals surface area contributed by atoms with Crippen LogP contribution in [0.1, 0.15) is 17.5 Å². The van der Waals surface area contributed by atoms with E-state index in [1.54, 1.807) is 0 Å². The standard InChI is InChI=1S/C22H16BrN3O/c23-18-14-8-7-13-17(18)21(27)22-24-19(15-9-3-1-4-10-15)20(25-26-22)16-11-5-2-6-12-16/h1-14,21,27H. The van der Waals surface area contributed by atoms with Gasteiger partial charge in [0, 0.05) is 21.2 Å². The first-order chi connectivity index (χ1) is 13.2. The number of rotatable bonds is 4. The summed E-state index contributed by atoms with van der Waals surface area (Å²) in [5, 5.41) is 19.5. The smallest absolute Gasteiger partial charge is 0.185 e. The van der Waals surface area contributed by atoms with Crippen LogP contribution in [-0.4, -0.2) is 20.3 Å². The maximum absolute atomic E-state index is 10.8. The molecule has 4 rings (SSSR count). The Morgan fingerprint density at radius 2 is 1.22 bits per heavy atom. The topological polar surface area (TPSA) is 58.9 Å². The van der Waals surface area contributed by atoms with Gasteiger partial charge in [0.1, 0.15) is 17.5 Å². The number of hydrogen-bond donors (Lipinski definition) is 1. The minimum atomic E-state index is -0.972. The van der Waals surface area contributed by atoms with Gasteiger partial charge in [-0.05, 0) is 6.07 Å². The summed E-state index contributed by atoms with van der Waals surface area (Å²) in [7, 11) is 0. The minimum Gasteiger partial charge on any atom is -0.380 e. The predicted octanol–water partition coefficient (Wildman–Crippen LogP) is 5.05. The fraction of sp³-hybridized carbons (Fsp3) is 0.0455. The molecule has 0 radical (unpaired) electrons. The van der Waals surface area contributed by atoms with Crippen LogP contribution in [-0.2, 0) is 0 Å². The molecule has 1 N–H and O–H groups in total. The van der Waals surface area contributed by atoms with Crippen LogP contribution >= 0.6 is 15.9 Å². The van der Waals surface area contributed by atoms with E-state index in [4.69, 9.17) is 4.98 Å². The van der Waals surface area contributed by atoms with E-state index in [1.807, 2.05) is 84.9 Å². The number of aromatic nitrogens is 3. The Hall–Kier alpha value is -2.89. The van der Waals surface area contributed by atoms with Crippen LogP contribution in [0.3, 0.4) is 0 Å². The first kappa shape index (κ1) is 17.5. The third-order valence-corrected chi connectivity index (χ3v) is 4.96. The van der Waals surface area contributed by atoms with E-state index >= 15 is 0 Å². The molecule has 1 aromatic heterocycles. The first-order valence-electron chi connectivity index (χ1n) is 8.52. The molecule has 0 saturated carbocycles. The van der Waals surface area contributed by atoms with Crippen molar-refractivity contribution in [1.82, 2.24) is 15.2 Å². The van der Waals surface area contributed by atoms with Crippen molar-refractivity contribution in [3.8, 4) is 22.5 Å². The van der Waals surface area contributed by atoms with Crippen molar-refractivity contribution in [2.24, 2.45) is 0 Å². The number of aliphatic hydroxyl groups is 1. The lowest BCUT2D eigenvalue weighted by Gasteiger charge is -2.14. The van der Waals surface area contributed by atoms with E-state index < -0.39 is 6.10 Å². The van der Waals surface area contributed by atoms with Crippen molar-refractivity contribution in [2.75, 3.05) is 0 Å². The normalized spacial score (nSPS) is 11.9. The van der Waals surface area contributed by atoms with Gasteiger partial charge in [-0.3, -0.25) is 0 Å². The van der Waals surface area contributed by atoms with Gasteiger partial charge in [-0.25, -0.2) is 4.98 Å². The third kappa shape index (κ3) is 3.65. The van der Waals surface area contributed by atoms with Crippen molar-refractivity contribution >= 4 is 15.9 Å². The van der Waals surface area contributed by atoms with Gasteiger partial charge in [0.2, 0.25) is 0 Å². The largest absolute Gasteiger partial charge is 0.380 e. The maximum atomic E-state index is 10.8. The summed E-state index contributed by atoms with van der Waals surface area (Å²) in [5.41, 5.74) is 3.93. The average Bonchev–Trinajstić information content (AvgIpc) is 2.74. The van der Waals surface area contributed by atoms with Crippen LogP contribution in [0.25, 0.3) is 22.5 Å². The zero-order valence-electron chi connectivity index (χ0n) is 14.3. The van der Waals surface area contributed by atoms with Crippen molar-refractivity contribution < 1.29 is 5.11 Å². The predicted molar refractivity (Wildman–Crippen MR) is 109 cm³/mol. The molecule has 0 aliphatic rings. The highest BCUT2D eigenvalue weighted by atomic mass is 79.9. The first-order valence-corrected chi connectivity index (χ1v) is 9.31. The van der Waals surface area contributed by atoms with Crippen LogP contribution in [0.15, 0.2) is 89.4 Å². The van der Waals surface area contributed by atoms with Crippen LogP contribution in [0.4, 0.5) is 0 Å². The molecular formula is C22H16BrN3O. The van der Waals surface area contributed by atoms with E-state index in [0.29, 0.717) is 17.0 Å². The molecule has 1 unspecified atom stereocenters. The summed E-state index contributed by atoms with van der Waals surface area (Å²) >= 11 is 3.47. The second kappa shape index (κ2) is 7.78. The Bertz CT molecular complexity index is 1060. The van der Waals surface area contributed by atoms with Crippen LogP contribution in [0.5, 0.6) is 0 Å². The van der Waals surface area contributed by atoms with Crippen molar-refractivity contribution in [1.29, 1.82) is 0 Å². The van der Waals surface area contributed by atoms with Gasteiger partial charge in [-0.15, -0.1) is 10.2 Å². The lowest BCUT2D eigenvalue weighted by Crippen LogP contribution is -2.09. The molecule has 4 aromatic rings. The fourth-order valence-electron chi connectivity index (χ4n) is 2.88. The van der Waals surface area contributed by atoms with Gasteiger partial charge >= 0.3 is 0 Å². The summed E-state index contributed by atoms with van der Waals surface area (Å²) < 4.78 is 0.800. The number of nitrogens with zero attached hydrogens (tertiary/aromatic N) is 3. The van der Waals surface area contributed by atoms with Crippen molar-refractivity contribution in [2.45, 2.75) is 6.10 Å². The van der Waals surface area contributed by atoms with Gasteiger partial charge in [0.15, 0.2) is 5.82 Å². The molecule has 0 saturated heterocycles. The number of halogens is 1. The molecule has 1 atom stereocenters. The average molecular weight is 418 g/mol. The lowest BCUT2D eigenvalue weighted by atomic mass is 10.0. The Labute approximate surface area is 165 Å². The van der Waals surface area contributed by atoms with E-state index in [-0.39, 0.29) is 5.82 Å². The molecule has 3 aromatic carbocycles. The highest BCUT2D eigenvalue weighted by Crippen LogP contribution is 2.31. The molecular weight excluding hydrogens is 402 g/mol. The summed E-state index contributed by atoms with van der Waals surface area (Å²) in [6.07, 6.45) is -0.972. The molecule has 0 aliphatic carbocycles. The zero-order chi connectivity index (χ0) is 18.6. The minimum absolute atomic E-state index is 0.264. The molecule has 5 heteroatoms. The SMILES string of the molecule is OC(c1nnc(-c2ccccc2)c(-c2ccccc2)n1)c1ccccc1Br. The summed E-state index contributed by atoms with van der Waals surface area (Å²) in [6, 6.07) is 27.1. The molecule has 4 nitrogen and oxygen atoms in total. The second-order valence-electron chi connectivity index (χ2n) is 6.02. The summed E-state index contributed by atoms with van der Waals surface area (Å²) in [6.45, 7) is 0. The highest BCUT2D eigenvalue weighted by molar-refractivity contribution is 9.10. The van der Waals surface area contributed by atoms with E-state index in [2.05, 4.69) is 26.1 Å². The molecule has 1 heterocycles. The van der Waals surface area contributed by atoms with Gasteiger partial charge in [-0.2, -0.15) is 0 Å². The maximum Gasteiger partial charge on any atom is 0.185 e. The van der Waals surface area contributed by atoms with Gasteiger partial charge < -0.3 is 5.11 Å². The number of hydrogen-bond acceptors (Lipinski definition) is 4. The third-order valence-electron chi connectivity index (χ3n) is 4.24. The molecule has 0 aliphatic heterocycles. The van der Waals surface area contributed by atoms with Gasteiger partial charge in [-0.1, -0.05) is 94.8 Å². The van der Waals surface area contributed by atoms with Gasteiger partial charge in [0.25, 0.3) is 0 Å². The van der Waals surface area contributed by atoms with E-state index in [1.165, 1.54) is 0 Å². The quantitative estimate of drug-likeness (QED) is 0.504. The number of benzene rings is 3. The molecule has 27 heavy (non-hydrogen) atoms. The van der Waals surface area contributed by atoms with Crippen molar-refractivity contribution in [3.05, 3.63) is 101 Å². The van der Waals surface area contributed by atoms with Gasteiger partial charge in [0.05, 0.1) is 0 Å². The highest BCUT2D eigenvalue weighted by Gasteiger charge is 2.20. The Morgan fingerprint density at radius 3 is 1.85 bits per heavy atom. The summed E-state index contributed by atoms with van der Waals surface area (Å²) in [5.74, 6) is 0.264. The molecule has 132 valence electrons. The zero-order valence-corrected chi connectivity index (χ0v) is 15.9. The monoisotopic (exact) mass is 417 g/mol. The van der Waals surface area contributed by atoms with Crippen molar-refractivity contribution in [3.63, 3.8) is 0 Å². The molecule has 0 fully saturated rings. The van der Waals surface area contributed by atoms with Crippen LogP contribution in [0.2, 0.25) is 0 Å². The Balaban J connectivity index is 1.86. The summed E-state index contributed by atoms with van der Waals surface area (Å²) in [4.78, 5) is 4.69. The molecule has 0 amide bonds. The molecule has 0 spiro atoms.